The van der Waals surface area contributed by atoms with Crippen LogP contribution < -0.4 is 0 Å². The number of esters is 2. The van der Waals surface area contributed by atoms with Crippen molar-refractivity contribution < 1.29 is 37.7 Å². The van der Waals surface area contributed by atoms with Crippen LogP contribution in [-0.4, -0.2) is 58.0 Å². The van der Waals surface area contributed by atoms with Gasteiger partial charge in [-0.25, -0.2) is 23.4 Å². The zero-order valence-electron chi connectivity index (χ0n) is 23.6. The molecule has 3 saturated carbocycles. The minimum Gasteiger partial charge on any atom is -0.447 e. The van der Waals surface area contributed by atoms with Crippen LogP contribution in [0.5, 0.6) is 0 Å². The molecule has 2 unspecified atom stereocenters. The predicted octanol–water partition coefficient (Wildman–Crippen LogP) is 4.79. The van der Waals surface area contributed by atoms with Gasteiger partial charge in [0, 0.05) is 34.0 Å². The monoisotopic (exact) mass is 588 g/mol. The molecule has 8 nitrogen and oxygen atoms in total. The lowest BCUT2D eigenvalue weighted by Crippen LogP contribution is -2.71. The number of alkyl halides is 2. The highest BCUT2D eigenvalue weighted by Gasteiger charge is 2.78. The van der Waals surface area contributed by atoms with Crippen LogP contribution in [0.15, 0.2) is 29.2 Å². The van der Waals surface area contributed by atoms with Gasteiger partial charge < -0.3 is 14.6 Å². The Hall–Kier alpha value is -2.97. The average molecular weight is 589 g/mol. The van der Waals surface area contributed by atoms with E-state index >= 15 is 8.78 Å². The van der Waals surface area contributed by atoms with E-state index in [0.29, 0.717) is 5.01 Å². The Bertz CT molecular complexity index is 1400. The molecule has 0 spiro atoms. The maximum atomic E-state index is 17.5. The number of rotatable bonds is 5. The molecule has 0 saturated heterocycles. The number of allylic oxidation sites excluding steroid dienone is 4. The van der Waals surface area contributed by atoms with E-state index in [2.05, 4.69) is 4.98 Å². The first-order valence-electron chi connectivity index (χ1n) is 13.9. The summed E-state index contributed by atoms with van der Waals surface area (Å²) >= 11 is 1.27. The summed E-state index contributed by atoms with van der Waals surface area (Å²) in [5.41, 5.74) is -7.34. The van der Waals surface area contributed by atoms with Gasteiger partial charge in [-0.05, 0) is 49.8 Å². The van der Waals surface area contributed by atoms with E-state index in [1.807, 2.05) is 13.8 Å². The number of aromatic nitrogens is 1. The lowest BCUT2D eigenvalue weighted by atomic mass is 9.44. The van der Waals surface area contributed by atoms with E-state index in [-0.39, 0.29) is 36.4 Å². The molecule has 220 valence electrons. The third-order valence-electron chi connectivity index (χ3n) is 10.2. The summed E-state index contributed by atoms with van der Waals surface area (Å²) in [5.74, 6) is -4.75. The second-order valence-corrected chi connectivity index (χ2v) is 13.5. The summed E-state index contributed by atoms with van der Waals surface area (Å²) < 4.78 is 44.7. The Kier molecular flexibility index (Phi) is 7.06. The number of nitriles is 1. The quantitative estimate of drug-likeness (QED) is 0.487. The van der Waals surface area contributed by atoms with Gasteiger partial charge in [0.15, 0.2) is 23.8 Å². The van der Waals surface area contributed by atoms with Gasteiger partial charge in [-0.15, -0.1) is 11.3 Å². The molecule has 1 aromatic heterocycles. The standard InChI is InChI=1S/C30H34F2N2O6S/c1-15(2)24-34-22(14-41-24)25(37)40-30(26(38)39-9-8-33)16(3)10-18-19-12-21(31)20-11-17(35)6-7-27(20,4)29(19,32)23(36)13-28(18,30)5/h6-7,11,14-16,18-19,21,23,36H,9-10,12-13H2,1-5H3/t16-,18?,19?,21+,23+,27+,28+,29+,30+/m1/s1. The van der Waals surface area contributed by atoms with Crippen molar-refractivity contribution >= 4 is 29.1 Å². The highest BCUT2D eigenvalue weighted by Crippen LogP contribution is 2.71. The van der Waals surface area contributed by atoms with Crippen molar-refractivity contribution in [3.63, 3.8) is 0 Å². The molecule has 1 N–H and O–H groups in total. The predicted molar refractivity (Wildman–Crippen MR) is 144 cm³/mol. The highest BCUT2D eigenvalue weighted by atomic mass is 32.1. The number of nitrogens with zero attached hydrogens (tertiary/aromatic N) is 2. The number of hydrogen-bond donors (Lipinski definition) is 1. The lowest BCUT2D eigenvalue weighted by molar-refractivity contribution is -0.230. The van der Waals surface area contributed by atoms with Gasteiger partial charge in [-0.2, -0.15) is 5.26 Å². The van der Waals surface area contributed by atoms with Gasteiger partial charge in [0.05, 0.1) is 11.1 Å². The number of fused-ring (bicyclic) bond motifs is 5. The zero-order chi connectivity index (χ0) is 30.1. The lowest BCUT2D eigenvalue weighted by Gasteiger charge is -2.63. The van der Waals surface area contributed by atoms with Crippen molar-refractivity contribution in [1.82, 2.24) is 4.98 Å². The fraction of sp³-hybridized carbons (Fsp3) is 0.633. The first-order chi connectivity index (χ1) is 19.2. The molecule has 9 atom stereocenters. The van der Waals surface area contributed by atoms with Crippen LogP contribution in [-0.2, 0) is 19.1 Å². The SMILES string of the molecule is CC(C)c1nc(C(=O)O[C@]2(C(=O)OCC#N)[C@H](C)CC3C4C[C@H](F)C5=CC(=O)C=C[C@]5(C)[C@@]4(F)[C@@H](O)C[C@@]32C)cs1. The molecule has 4 aliphatic carbocycles. The topological polar surface area (TPSA) is 127 Å². The largest absolute Gasteiger partial charge is 0.447 e. The van der Waals surface area contributed by atoms with E-state index in [0.717, 1.165) is 6.08 Å². The van der Waals surface area contributed by atoms with Gasteiger partial charge in [0.2, 0.25) is 5.60 Å². The highest BCUT2D eigenvalue weighted by molar-refractivity contribution is 7.09. The van der Waals surface area contributed by atoms with Crippen LogP contribution in [0.4, 0.5) is 8.78 Å². The Balaban J connectivity index is 1.61. The molecule has 3 fully saturated rings. The van der Waals surface area contributed by atoms with Crippen molar-refractivity contribution in [2.75, 3.05) is 6.61 Å². The molecule has 0 bridgehead atoms. The first-order valence-corrected chi connectivity index (χ1v) is 14.7. The van der Waals surface area contributed by atoms with E-state index in [9.17, 15) is 19.5 Å². The third-order valence-corrected chi connectivity index (χ3v) is 11.4. The van der Waals surface area contributed by atoms with E-state index in [1.165, 1.54) is 35.8 Å². The number of thiazole rings is 1. The molecule has 11 heteroatoms. The van der Waals surface area contributed by atoms with Crippen LogP contribution >= 0.6 is 11.3 Å². The van der Waals surface area contributed by atoms with Crippen molar-refractivity contribution in [2.45, 2.75) is 83.3 Å². The number of ketones is 1. The summed E-state index contributed by atoms with van der Waals surface area (Å²) in [7, 11) is 0. The number of carbonyl (C=O) groups excluding carboxylic acids is 3. The Morgan fingerprint density at radius 2 is 2.00 bits per heavy atom. The number of aliphatic hydroxyl groups is 1. The number of hydrogen-bond acceptors (Lipinski definition) is 9. The summed E-state index contributed by atoms with van der Waals surface area (Å²) in [6, 6.07) is 1.75. The molecule has 0 aliphatic heterocycles. The van der Waals surface area contributed by atoms with Crippen LogP contribution in [0, 0.1) is 39.9 Å². The minimum atomic E-state index is -2.36. The molecule has 0 amide bonds. The summed E-state index contributed by atoms with van der Waals surface area (Å²) in [6.45, 7) is 8.07. The molecule has 41 heavy (non-hydrogen) atoms. The number of ether oxygens (including phenoxy) is 2. The fourth-order valence-electron chi connectivity index (χ4n) is 8.27. The van der Waals surface area contributed by atoms with Gasteiger partial charge in [-0.3, -0.25) is 4.79 Å². The van der Waals surface area contributed by atoms with Crippen molar-refractivity contribution in [3.8, 4) is 6.07 Å². The van der Waals surface area contributed by atoms with Crippen LogP contribution in [0.3, 0.4) is 0 Å². The summed E-state index contributed by atoms with van der Waals surface area (Å²) in [6.07, 6.45) is -0.146. The second kappa shape index (κ2) is 9.80. The van der Waals surface area contributed by atoms with Gasteiger partial charge in [-0.1, -0.05) is 33.8 Å². The molecule has 0 aromatic carbocycles. The van der Waals surface area contributed by atoms with E-state index < -0.39 is 76.5 Å². The van der Waals surface area contributed by atoms with Crippen LogP contribution in [0.25, 0.3) is 0 Å². The second-order valence-electron chi connectivity index (χ2n) is 12.6. The fourth-order valence-corrected chi connectivity index (χ4v) is 9.07. The van der Waals surface area contributed by atoms with Crippen molar-refractivity contribution in [2.24, 2.45) is 28.6 Å². The van der Waals surface area contributed by atoms with Crippen LogP contribution in [0.2, 0.25) is 0 Å². The molecule has 1 heterocycles. The smallest absolute Gasteiger partial charge is 0.358 e. The zero-order valence-corrected chi connectivity index (χ0v) is 24.5. The average Bonchev–Trinajstić information content (AvgIpc) is 3.49. The third kappa shape index (κ3) is 3.89. The number of aliphatic hydroxyl groups excluding tert-OH is 1. The Morgan fingerprint density at radius 1 is 1.29 bits per heavy atom. The normalized spacial score (nSPS) is 41.1. The Labute approximate surface area is 241 Å². The summed E-state index contributed by atoms with van der Waals surface area (Å²) in [5, 5.41) is 23.0. The Morgan fingerprint density at radius 3 is 2.63 bits per heavy atom. The minimum absolute atomic E-state index is 0.00222. The van der Waals surface area contributed by atoms with Gasteiger partial charge >= 0.3 is 11.9 Å². The molecule has 1 aromatic rings. The van der Waals surface area contributed by atoms with Crippen molar-refractivity contribution in [1.29, 1.82) is 5.26 Å². The van der Waals surface area contributed by atoms with Gasteiger partial charge in [0.25, 0.3) is 0 Å². The molecule has 5 rings (SSSR count). The maximum Gasteiger partial charge on any atom is 0.358 e. The molecule has 4 aliphatic rings. The van der Waals surface area contributed by atoms with E-state index in [4.69, 9.17) is 14.7 Å². The number of halogens is 2. The van der Waals surface area contributed by atoms with Crippen LogP contribution in [0.1, 0.15) is 75.3 Å². The van der Waals surface area contributed by atoms with Crippen molar-refractivity contribution in [3.05, 3.63) is 39.9 Å². The van der Waals surface area contributed by atoms with Gasteiger partial charge in [0.1, 0.15) is 12.2 Å². The number of carbonyl (C=O) groups is 3. The summed E-state index contributed by atoms with van der Waals surface area (Å²) in [4.78, 5) is 43.8. The molecule has 0 radical (unpaired) electrons. The first kappa shape index (κ1) is 29.5. The maximum absolute atomic E-state index is 17.5. The molecular weight excluding hydrogens is 554 g/mol. The molecular formula is C30H34F2N2O6S. The van der Waals surface area contributed by atoms with E-state index in [1.54, 1.807) is 19.9 Å².